The zero-order chi connectivity index (χ0) is 26.2. The molecule has 4 rings (SSSR count). The molecule has 0 radical (unpaired) electrons. The summed E-state index contributed by atoms with van der Waals surface area (Å²) in [6.45, 7) is 1.04. The Morgan fingerprint density at radius 3 is 2.61 bits per heavy atom. The molecule has 13 heteroatoms. The second kappa shape index (κ2) is 9.74. The molecule has 192 valence electrons. The third-order valence-electron chi connectivity index (χ3n) is 5.65. The molecule has 3 aromatic rings. The minimum absolute atomic E-state index is 0.121. The molecule has 36 heavy (non-hydrogen) atoms. The van der Waals surface area contributed by atoms with Gasteiger partial charge in [0.25, 0.3) is 16.0 Å². The standard InChI is InChI=1S/C23H25F2N5O5S/c1-14-9-19(34-3)21(25)22(20(14)24)29(7-8-35-36(4,32)33)15-5-6-18-17(10-15)23(31)30(13-26-18)16-11-27-28(2)12-16/h5-6,9-12,26H,7-8,13H2,1-4H3. The number of carbonyl (C=O) groups excluding carboxylic acids is 1. The van der Waals surface area contributed by atoms with E-state index in [9.17, 15) is 13.2 Å². The Bertz CT molecular complexity index is 1430. The van der Waals surface area contributed by atoms with Gasteiger partial charge in [0.05, 0.1) is 44.1 Å². The predicted octanol–water partition coefficient (Wildman–Crippen LogP) is 3.16. The van der Waals surface area contributed by atoms with E-state index < -0.39 is 27.4 Å². The number of aromatic nitrogens is 2. The molecular formula is C23H25F2N5O5S. The highest BCUT2D eigenvalue weighted by Gasteiger charge is 2.29. The first-order valence-corrected chi connectivity index (χ1v) is 12.6. The van der Waals surface area contributed by atoms with E-state index in [2.05, 4.69) is 10.4 Å². The minimum atomic E-state index is -3.80. The quantitative estimate of drug-likeness (QED) is 0.451. The van der Waals surface area contributed by atoms with Crippen LogP contribution in [0.15, 0.2) is 36.7 Å². The molecule has 2 heterocycles. The largest absolute Gasteiger partial charge is 0.494 e. The topological polar surface area (TPSA) is 106 Å². The number of hydrogen-bond donors (Lipinski definition) is 1. The highest BCUT2D eigenvalue weighted by Crippen LogP contribution is 2.38. The van der Waals surface area contributed by atoms with Crippen LogP contribution >= 0.6 is 0 Å². The zero-order valence-electron chi connectivity index (χ0n) is 20.1. The molecule has 1 aromatic heterocycles. The normalized spacial score (nSPS) is 13.4. The molecule has 2 aromatic carbocycles. The molecule has 10 nitrogen and oxygen atoms in total. The van der Waals surface area contributed by atoms with Crippen molar-refractivity contribution < 1.29 is 30.9 Å². The second-order valence-electron chi connectivity index (χ2n) is 8.22. The monoisotopic (exact) mass is 521 g/mol. The number of anilines is 4. The lowest BCUT2D eigenvalue weighted by molar-refractivity contribution is 0.0986. The van der Waals surface area contributed by atoms with Gasteiger partial charge >= 0.3 is 0 Å². The fraction of sp³-hybridized carbons (Fsp3) is 0.304. The van der Waals surface area contributed by atoms with E-state index in [-0.39, 0.29) is 48.3 Å². The van der Waals surface area contributed by atoms with E-state index in [1.54, 1.807) is 36.3 Å². The number of halogens is 2. The summed E-state index contributed by atoms with van der Waals surface area (Å²) < 4.78 is 65.1. The van der Waals surface area contributed by atoms with E-state index in [0.29, 0.717) is 11.4 Å². The number of amides is 1. The predicted molar refractivity (Wildman–Crippen MR) is 130 cm³/mol. The highest BCUT2D eigenvalue weighted by atomic mass is 32.2. The summed E-state index contributed by atoms with van der Waals surface area (Å²) in [5.41, 5.74) is 1.29. The molecule has 0 saturated heterocycles. The smallest absolute Gasteiger partial charge is 0.264 e. The van der Waals surface area contributed by atoms with Crippen molar-refractivity contribution in [3.63, 3.8) is 0 Å². The van der Waals surface area contributed by atoms with Crippen molar-refractivity contribution in [2.24, 2.45) is 7.05 Å². The number of methoxy groups -OCH3 is 1. The van der Waals surface area contributed by atoms with Crippen LogP contribution in [-0.2, 0) is 21.3 Å². The lowest BCUT2D eigenvalue weighted by Crippen LogP contribution is -2.40. The van der Waals surface area contributed by atoms with Crippen LogP contribution in [0.3, 0.4) is 0 Å². The molecule has 1 N–H and O–H groups in total. The van der Waals surface area contributed by atoms with Gasteiger partial charge in [-0.15, -0.1) is 0 Å². The van der Waals surface area contributed by atoms with Crippen LogP contribution in [0.5, 0.6) is 5.75 Å². The van der Waals surface area contributed by atoms with Crippen LogP contribution in [0.2, 0.25) is 0 Å². The van der Waals surface area contributed by atoms with E-state index in [4.69, 9.17) is 8.92 Å². The Morgan fingerprint density at radius 1 is 1.22 bits per heavy atom. The van der Waals surface area contributed by atoms with Gasteiger partial charge in [-0.05, 0) is 36.8 Å². The SMILES string of the molecule is COc1cc(C)c(F)c(N(CCOS(C)(=O)=O)c2ccc3c(c2)C(=O)N(c2cnn(C)c2)CN3)c1F. The van der Waals surface area contributed by atoms with Crippen molar-refractivity contribution in [3.05, 3.63) is 59.4 Å². The van der Waals surface area contributed by atoms with E-state index in [1.807, 2.05) is 0 Å². The number of rotatable bonds is 8. The summed E-state index contributed by atoms with van der Waals surface area (Å²) in [5, 5.41) is 7.24. The van der Waals surface area contributed by atoms with Gasteiger partial charge < -0.3 is 15.0 Å². The fourth-order valence-electron chi connectivity index (χ4n) is 3.93. The lowest BCUT2D eigenvalue weighted by Gasteiger charge is -2.31. The molecule has 0 fully saturated rings. The van der Waals surface area contributed by atoms with Gasteiger partial charge in [0, 0.05) is 31.2 Å². The summed E-state index contributed by atoms with van der Waals surface area (Å²) in [6, 6.07) is 5.91. The van der Waals surface area contributed by atoms with Gasteiger partial charge in [0.15, 0.2) is 17.4 Å². The first-order valence-electron chi connectivity index (χ1n) is 10.8. The Morgan fingerprint density at radius 2 is 1.97 bits per heavy atom. The Labute approximate surface area is 207 Å². The van der Waals surface area contributed by atoms with Crippen LogP contribution in [0.1, 0.15) is 15.9 Å². The van der Waals surface area contributed by atoms with E-state index in [1.165, 1.54) is 36.0 Å². The molecule has 0 saturated carbocycles. The number of fused-ring (bicyclic) bond motifs is 1. The van der Waals surface area contributed by atoms with Crippen molar-refractivity contribution in [1.82, 2.24) is 9.78 Å². The average molecular weight is 522 g/mol. The van der Waals surface area contributed by atoms with E-state index in [0.717, 1.165) is 6.26 Å². The minimum Gasteiger partial charge on any atom is -0.494 e. The molecule has 0 spiro atoms. The maximum absolute atomic E-state index is 15.3. The lowest BCUT2D eigenvalue weighted by atomic mass is 10.1. The number of hydrogen-bond acceptors (Lipinski definition) is 8. The average Bonchev–Trinajstić information content (AvgIpc) is 3.25. The molecule has 0 unspecified atom stereocenters. The summed E-state index contributed by atoms with van der Waals surface area (Å²) in [6.07, 6.45) is 4.12. The van der Waals surface area contributed by atoms with E-state index >= 15 is 8.78 Å². The van der Waals surface area contributed by atoms with Crippen LogP contribution in [0, 0.1) is 18.6 Å². The Kier molecular flexibility index (Phi) is 6.87. The number of benzene rings is 2. The Hall–Kier alpha value is -3.71. The maximum Gasteiger partial charge on any atom is 0.264 e. The van der Waals surface area contributed by atoms with Crippen LogP contribution in [0.25, 0.3) is 0 Å². The zero-order valence-corrected chi connectivity index (χ0v) is 20.9. The van der Waals surface area contributed by atoms with Crippen molar-refractivity contribution in [3.8, 4) is 5.75 Å². The number of carbonyl (C=O) groups is 1. The molecule has 1 amide bonds. The number of ether oxygens (including phenoxy) is 1. The first kappa shape index (κ1) is 25.4. The highest BCUT2D eigenvalue weighted by molar-refractivity contribution is 7.85. The maximum atomic E-state index is 15.3. The van der Waals surface area contributed by atoms with Crippen molar-refractivity contribution in [1.29, 1.82) is 0 Å². The van der Waals surface area contributed by atoms with Crippen molar-refractivity contribution >= 4 is 38.8 Å². The van der Waals surface area contributed by atoms with Gasteiger partial charge in [0.2, 0.25) is 0 Å². The van der Waals surface area contributed by atoms with Gasteiger partial charge in [-0.25, -0.2) is 8.78 Å². The number of nitrogens with one attached hydrogen (secondary N) is 1. The number of nitrogens with zero attached hydrogens (tertiary/aromatic N) is 4. The Balaban J connectivity index is 1.79. The summed E-state index contributed by atoms with van der Waals surface area (Å²) in [7, 11) is -0.816. The molecule has 0 atom stereocenters. The molecule has 1 aliphatic heterocycles. The third-order valence-corrected chi connectivity index (χ3v) is 6.24. The van der Waals surface area contributed by atoms with Gasteiger partial charge in [-0.1, -0.05) is 0 Å². The van der Waals surface area contributed by atoms with Gasteiger partial charge in [0.1, 0.15) is 5.69 Å². The fourth-order valence-corrected chi connectivity index (χ4v) is 4.30. The summed E-state index contributed by atoms with van der Waals surface area (Å²) >= 11 is 0. The van der Waals surface area contributed by atoms with Gasteiger partial charge in [-0.2, -0.15) is 13.5 Å². The molecular weight excluding hydrogens is 496 g/mol. The van der Waals surface area contributed by atoms with Gasteiger partial charge in [-0.3, -0.25) is 18.6 Å². The van der Waals surface area contributed by atoms with Crippen LogP contribution < -0.4 is 19.9 Å². The van der Waals surface area contributed by atoms with Crippen molar-refractivity contribution in [2.75, 3.05) is 48.3 Å². The summed E-state index contributed by atoms with van der Waals surface area (Å²) in [5.74, 6) is -2.35. The first-order chi connectivity index (χ1) is 17.0. The van der Waals surface area contributed by atoms with Crippen molar-refractivity contribution in [2.45, 2.75) is 6.92 Å². The molecule has 0 bridgehead atoms. The van der Waals surface area contributed by atoms with Crippen LogP contribution in [-0.4, -0.2) is 57.3 Å². The third kappa shape index (κ3) is 4.97. The van der Waals surface area contributed by atoms with Crippen LogP contribution in [0.4, 0.5) is 31.5 Å². The molecule has 1 aliphatic rings. The molecule has 0 aliphatic carbocycles. The number of aryl methyl sites for hydroxylation is 2. The summed E-state index contributed by atoms with van der Waals surface area (Å²) in [4.78, 5) is 16.0. The second-order valence-corrected chi connectivity index (χ2v) is 9.86.